The fourth-order valence-electron chi connectivity index (χ4n) is 2.02. The number of ether oxygens (including phenoxy) is 1. The Balaban J connectivity index is 3.18. The molecule has 0 aliphatic carbocycles. The lowest BCUT2D eigenvalue weighted by atomic mass is 10.0. The third kappa shape index (κ3) is 3.03. The minimum Gasteiger partial charge on any atom is -0.497 e. The van der Waals surface area contributed by atoms with Crippen molar-refractivity contribution in [1.82, 2.24) is 4.90 Å². The van der Waals surface area contributed by atoms with Crippen molar-refractivity contribution in [2.45, 2.75) is 33.6 Å². The van der Waals surface area contributed by atoms with Gasteiger partial charge in [-0.2, -0.15) is 0 Å². The molecule has 3 nitrogen and oxygen atoms in total. The Bertz CT molecular complexity index is 409. The Morgan fingerprint density at radius 2 is 1.89 bits per heavy atom. The van der Waals surface area contributed by atoms with Gasteiger partial charge >= 0.3 is 0 Å². The zero-order valence-electron chi connectivity index (χ0n) is 12.0. The van der Waals surface area contributed by atoms with Gasteiger partial charge in [-0.05, 0) is 43.5 Å². The van der Waals surface area contributed by atoms with Gasteiger partial charge in [0, 0.05) is 18.7 Å². The lowest BCUT2D eigenvalue weighted by Gasteiger charge is -2.22. The maximum absolute atomic E-state index is 12.4. The Morgan fingerprint density at radius 3 is 2.33 bits per heavy atom. The van der Waals surface area contributed by atoms with E-state index in [0.717, 1.165) is 30.0 Å². The molecule has 0 aliphatic heterocycles. The summed E-state index contributed by atoms with van der Waals surface area (Å²) >= 11 is 0. The number of methoxy groups -OCH3 is 1. The van der Waals surface area contributed by atoms with E-state index >= 15 is 0 Å². The average molecular weight is 251 g/mol. The molecule has 100 valence electrons. The van der Waals surface area contributed by atoms with Crippen molar-refractivity contribution < 1.29 is 9.53 Å². The van der Waals surface area contributed by atoms with Gasteiger partial charge in [0.15, 0.2) is 0 Å². The van der Waals surface area contributed by atoms with Crippen molar-refractivity contribution in [1.29, 1.82) is 0 Å². The number of nitrogens with zero attached hydrogens (tertiary/aromatic N) is 1. The summed E-state index contributed by atoms with van der Waals surface area (Å²) in [7, 11) is 1.64. The van der Waals surface area contributed by atoms with Crippen molar-refractivity contribution in [2.24, 2.45) is 0 Å². The molecule has 3 heteroatoms. The number of hydrogen-bond acceptors (Lipinski definition) is 2. The Labute approximate surface area is 110 Å². The van der Waals surface area contributed by atoms with Crippen molar-refractivity contribution in [3.05, 3.63) is 29.3 Å². The normalized spacial score (nSPS) is 10.6. The predicted molar refractivity (Wildman–Crippen MR) is 74.3 cm³/mol. The molecule has 0 N–H and O–H groups in total. The van der Waals surface area contributed by atoms with Gasteiger partial charge in [-0.1, -0.05) is 13.8 Å². The second-order valence-corrected chi connectivity index (χ2v) is 4.59. The van der Waals surface area contributed by atoms with Crippen LogP contribution >= 0.6 is 0 Å². The van der Waals surface area contributed by atoms with Crippen LogP contribution in [0.25, 0.3) is 0 Å². The maximum atomic E-state index is 12.4. The summed E-state index contributed by atoms with van der Waals surface area (Å²) in [5.74, 6) is 1.20. The molecule has 0 fully saturated rings. The van der Waals surface area contributed by atoms with Crippen LogP contribution in [0.3, 0.4) is 0 Å². The smallest absolute Gasteiger partial charge is 0.254 e. The molecule has 0 bridgehead atoms. The average Bonchev–Trinajstić information content (AvgIpc) is 2.39. The third-order valence-electron chi connectivity index (χ3n) is 3.16. The standard InChI is InChI=1S/C15H23NO2/c1-6-16(7-2)15(17)13-9-8-12(18-5)10-14(13)11(3)4/h8-11H,6-7H2,1-5H3/i15+2. The minimum atomic E-state index is 0.103. The zero-order valence-corrected chi connectivity index (χ0v) is 12.0. The molecule has 0 saturated carbocycles. The second-order valence-electron chi connectivity index (χ2n) is 4.59. The SMILES string of the molecule is CCN(CC)[14C](=O)c1ccc(OC)cc1C(C)C. The summed E-state index contributed by atoms with van der Waals surface area (Å²) < 4.78 is 5.23. The highest BCUT2D eigenvalue weighted by atomic mass is 16.5. The minimum absolute atomic E-state index is 0.103. The van der Waals surface area contributed by atoms with Crippen molar-refractivity contribution in [3.63, 3.8) is 0 Å². The predicted octanol–water partition coefficient (Wildman–Crippen LogP) is 3.30. The van der Waals surface area contributed by atoms with Crippen LogP contribution in [0.2, 0.25) is 0 Å². The Morgan fingerprint density at radius 1 is 1.28 bits per heavy atom. The van der Waals surface area contributed by atoms with E-state index in [1.807, 2.05) is 36.9 Å². The monoisotopic (exact) mass is 251 g/mol. The summed E-state index contributed by atoms with van der Waals surface area (Å²) in [5, 5.41) is 0. The van der Waals surface area contributed by atoms with Crippen LogP contribution in [0.15, 0.2) is 18.2 Å². The van der Waals surface area contributed by atoms with Gasteiger partial charge in [0.2, 0.25) is 0 Å². The Kier molecular flexibility index (Phi) is 5.20. The Hall–Kier alpha value is -1.51. The van der Waals surface area contributed by atoms with Crippen LogP contribution in [-0.4, -0.2) is 31.0 Å². The van der Waals surface area contributed by atoms with Crippen LogP contribution in [0, 0.1) is 0 Å². The summed E-state index contributed by atoms with van der Waals surface area (Å²) in [5.41, 5.74) is 1.83. The van der Waals surface area contributed by atoms with Gasteiger partial charge in [-0.25, -0.2) is 0 Å². The summed E-state index contributed by atoms with van der Waals surface area (Å²) in [6.07, 6.45) is 0. The van der Waals surface area contributed by atoms with E-state index in [4.69, 9.17) is 4.74 Å². The summed E-state index contributed by atoms with van der Waals surface area (Å²) in [4.78, 5) is 14.3. The molecule has 0 heterocycles. The van der Waals surface area contributed by atoms with Gasteiger partial charge in [-0.15, -0.1) is 0 Å². The van der Waals surface area contributed by atoms with E-state index in [1.165, 1.54) is 0 Å². The van der Waals surface area contributed by atoms with Crippen LogP contribution in [0.1, 0.15) is 49.5 Å². The van der Waals surface area contributed by atoms with Gasteiger partial charge < -0.3 is 9.64 Å². The topological polar surface area (TPSA) is 29.5 Å². The lowest BCUT2D eigenvalue weighted by Crippen LogP contribution is -2.31. The molecule has 1 aromatic rings. The molecule has 1 rings (SSSR count). The van der Waals surface area contributed by atoms with Crippen LogP contribution in [-0.2, 0) is 0 Å². The van der Waals surface area contributed by atoms with Crippen molar-refractivity contribution >= 4 is 5.91 Å². The molecule has 0 radical (unpaired) electrons. The van der Waals surface area contributed by atoms with Crippen molar-refractivity contribution in [2.75, 3.05) is 20.2 Å². The first-order valence-corrected chi connectivity index (χ1v) is 6.52. The van der Waals surface area contributed by atoms with E-state index in [9.17, 15) is 4.79 Å². The van der Waals surface area contributed by atoms with Crippen LogP contribution < -0.4 is 4.74 Å². The van der Waals surface area contributed by atoms with Crippen LogP contribution in [0.5, 0.6) is 5.75 Å². The van der Waals surface area contributed by atoms with Gasteiger partial charge in [0.05, 0.1) is 7.11 Å². The fraction of sp³-hybridized carbons (Fsp3) is 0.533. The molecule has 1 amide bonds. The summed E-state index contributed by atoms with van der Waals surface area (Å²) in [6, 6.07) is 5.68. The number of hydrogen-bond donors (Lipinski definition) is 0. The molecule has 0 spiro atoms. The van der Waals surface area contributed by atoms with E-state index in [0.29, 0.717) is 5.92 Å². The van der Waals surface area contributed by atoms with Crippen LogP contribution in [0.4, 0.5) is 0 Å². The van der Waals surface area contributed by atoms with E-state index in [2.05, 4.69) is 13.8 Å². The number of benzene rings is 1. The highest BCUT2D eigenvalue weighted by Gasteiger charge is 2.18. The third-order valence-corrected chi connectivity index (χ3v) is 3.16. The van der Waals surface area contributed by atoms with Gasteiger partial charge in [0.25, 0.3) is 5.91 Å². The lowest BCUT2D eigenvalue weighted by molar-refractivity contribution is 0.0771. The van der Waals surface area contributed by atoms with E-state index < -0.39 is 0 Å². The van der Waals surface area contributed by atoms with E-state index in [1.54, 1.807) is 7.11 Å². The van der Waals surface area contributed by atoms with Gasteiger partial charge in [-0.3, -0.25) is 4.79 Å². The molecular formula is C15H23NO2. The first kappa shape index (κ1) is 14.6. The zero-order chi connectivity index (χ0) is 13.7. The number of amides is 1. The number of carbonyl (C=O) groups is 1. The highest BCUT2D eigenvalue weighted by Crippen LogP contribution is 2.25. The first-order chi connectivity index (χ1) is 8.54. The van der Waals surface area contributed by atoms with Gasteiger partial charge in [0.1, 0.15) is 5.75 Å². The maximum Gasteiger partial charge on any atom is 0.254 e. The molecule has 0 atom stereocenters. The molecule has 18 heavy (non-hydrogen) atoms. The number of rotatable bonds is 5. The molecule has 0 unspecified atom stereocenters. The fourth-order valence-corrected chi connectivity index (χ4v) is 2.02. The molecule has 0 aromatic heterocycles. The molecule has 0 aliphatic rings. The summed E-state index contributed by atoms with van der Waals surface area (Å²) in [6.45, 7) is 9.65. The molecule has 1 aromatic carbocycles. The highest BCUT2D eigenvalue weighted by molar-refractivity contribution is 5.96. The molecular weight excluding hydrogens is 228 g/mol. The number of carbonyl (C=O) groups excluding carboxylic acids is 1. The largest absolute Gasteiger partial charge is 0.497 e. The quantitative estimate of drug-likeness (QED) is 0.803. The second kappa shape index (κ2) is 6.43. The molecule has 0 saturated heterocycles. The van der Waals surface area contributed by atoms with Crippen molar-refractivity contribution in [3.8, 4) is 5.75 Å². The van der Waals surface area contributed by atoms with E-state index in [-0.39, 0.29) is 5.91 Å². The first-order valence-electron chi connectivity index (χ1n) is 6.52.